The minimum atomic E-state index is -0.0481. The maximum absolute atomic E-state index is 12.4. The Morgan fingerprint density at radius 1 is 1.18 bits per heavy atom. The van der Waals surface area contributed by atoms with Gasteiger partial charge < -0.3 is 10.1 Å². The lowest BCUT2D eigenvalue weighted by atomic mass is 10.1. The van der Waals surface area contributed by atoms with Gasteiger partial charge in [-0.15, -0.1) is 10.2 Å². The average Bonchev–Trinajstić information content (AvgIpc) is 3.14. The van der Waals surface area contributed by atoms with E-state index >= 15 is 0 Å². The SMILES string of the molecule is COCCn1c(SCC(=O)N[C@H](C)c2ccccc2)nnc1-c1ccncc1. The molecule has 0 unspecified atom stereocenters. The highest BCUT2D eigenvalue weighted by Crippen LogP contribution is 2.23. The zero-order chi connectivity index (χ0) is 19.8. The van der Waals surface area contributed by atoms with Gasteiger partial charge >= 0.3 is 0 Å². The Hall–Kier alpha value is -2.71. The van der Waals surface area contributed by atoms with E-state index in [2.05, 4.69) is 20.5 Å². The van der Waals surface area contributed by atoms with Gasteiger partial charge in [0.2, 0.25) is 5.91 Å². The first kappa shape index (κ1) is 20.0. The highest BCUT2D eigenvalue weighted by Gasteiger charge is 2.16. The fourth-order valence-electron chi connectivity index (χ4n) is 2.73. The topological polar surface area (TPSA) is 81.9 Å². The van der Waals surface area contributed by atoms with Gasteiger partial charge in [0.15, 0.2) is 11.0 Å². The maximum Gasteiger partial charge on any atom is 0.230 e. The molecule has 0 aliphatic rings. The predicted octanol–water partition coefficient (Wildman–Crippen LogP) is 2.96. The number of nitrogens with one attached hydrogen (secondary N) is 1. The number of thioether (sulfide) groups is 1. The van der Waals surface area contributed by atoms with E-state index in [4.69, 9.17) is 4.74 Å². The Kier molecular flexibility index (Phi) is 7.16. The summed E-state index contributed by atoms with van der Waals surface area (Å²) >= 11 is 1.36. The number of hydrogen-bond acceptors (Lipinski definition) is 6. The van der Waals surface area contributed by atoms with Gasteiger partial charge in [0.1, 0.15) is 0 Å². The van der Waals surface area contributed by atoms with Crippen LogP contribution < -0.4 is 5.32 Å². The van der Waals surface area contributed by atoms with Crippen molar-refractivity contribution >= 4 is 17.7 Å². The van der Waals surface area contributed by atoms with Crippen LogP contribution in [0.5, 0.6) is 0 Å². The van der Waals surface area contributed by atoms with Gasteiger partial charge in [0.05, 0.1) is 24.9 Å². The minimum Gasteiger partial charge on any atom is -0.383 e. The Morgan fingerprint density at radius 3 is 2.64 bits per heavy atom. The Bertz CT molecular complexity index is 886. The summed E-state index contributed by atoms with van der Waals surface area (Å²) in [6, 6.07) is 13.6. The van der Waals surface area contributed by atoms with Crippen LogP contribution in [0.15, 0.2) is 60.0 Å². The van der Waals surface area contributed by atoms with E-state index in [1.165, 1.54) is 11.8 Å². The number of benzene rings is 1. The van der Waals surface area contributed by atoms with Crippen molar-refractivity contribution in [1.29, 1.82) is 0 Å². The van der Waals surface area contributed by atoms with Crippen molar-refractivity contribution in [3.8, 4) is 11.4 Å². The van der Waals surface area contributed by atoms with Crippen molar-refractivity contribution in [2.45, 2.75) is 24.7 Å². The molecule has 1 aromatic carbocycles. The van der Waals surface area contributed by atoms with Gasteiger partial charge in [-0.25, -0.2) is 0 Å². The third kappa shape index (κ3) is 5.17. The van der Waals surface area contributed by atoms with Crippen molar-refractivity contribution < 1.29 is 9.53 Å². The molecule has 1 N–H and O–H groups in total. The van der Waals surface area contributed by atoms with E-state index in [9.17, 15) is 4.79 Å². The van der Waals surface area contributed by atoms with E-state index in [1.54, 1.807) is 19.5 Å². The lowest BCUT2D eigenvalue weighted by molar-refractivity contribution is -0.119. The van der Waals surface area contributed by atoms with E-state index in [1.807, 2.05) is 54.0 Å². The molecule has 0 radical (unpaired) electrons. The molecule has 2 heterocycles. The fourth-order valence-corrected chi connectivity index (χ4v) is 3.51. The Morgan fingerprint density at radius 2 is 1.93 bits per heavy atom. The second kappa shape index (κ2) is 10.0. The zero-order valence-corrected chi connectivity index (χ0v) is 16.7. The molecule has 1 atom stereocenters. The minimum absolute atomic E-state index is 0.0481. The summed E-state index contributed by atoms with van der Waals surface area (Å²) in [4.78, 5) is 16.4. The van der Waals surface area contributed by atoms with Gasteiger partial charge in [-0.1, -0.05) is 42.1 Å². The van der Waals surface area contributed by atoms with Gasteiger partial charge in [0.25, 0.3) is 0 Å². The Labute approximate surface area is 168 Å². The number of rotatable bonds is 9. The van der Waals surface area contributed by atoms with Crippen LogP contribution in [0.2, 0.25) is 0 Å². The second-order valence-electron chi connectivity index (χ2n) is 6.18. The van der Waals surface area contributed by atoms with Crippen LogP contribution in [0, 0.1) is 0 Å². The van der Waals surface area contributed by atoms with E-state index in [0.717, 1.165) is 17.0 Å². The summed E-state index contributed by atoms with van der Waals surface area (Å²) in [5, 5.41) is 12.3. The number of carbonyl (C=O) groups excluding carboxylic acids is 1. The van der Waals surface area contributed by atoms with Crippen LogP contribution in [0.3, 0.4) is 0 Å². The molecule has 0 aliphatic heterocycles. The zero-order valence-electron chi connectivity index (χ0n) is 15.9. The van der Waals surface area contributed by atoms with Gasteiger partial charge in [-0.3, -0.25) is 14.3 Å². The van der Waals surface area contributed by atoms with E-state index < -0.39 is 0 Å². The van der Waals surface area contributed by atoms with Crippen LogP contribution in [-0.4, -0.2) is 45.1 Å². The van der Waals surface area contributed by atoms with Crippen molar-refractivity contribution in [1.82, 2.24) is 25.1 Å². The highest BCUT2D eigenvalue weighted by molar-refractivity contribution is 7.99. The molecule has 0 bridgehead atoms. The molecule has 8 heteroatoms. The fraction of sp³-hybridized carbons (Fsp3) is 0.300. The summed E-state index contributed by atoms with van der Waals surface area (Å²) in [6.45, 7) is 3.10. The third-order valence-corrected chi connectivity index (χ3v) is 5.15. The van der Waals surface area contributed by atoms with Gasteiger partial charge in [-0.2, -0.15) is 0 Å². The van der Waals surface area contributed by atoms with Crippen molar-refractivity contribution in [3.05, 3.63) is 60.4 Å². The van der Waals surface area contributed by atoms with Crippen LogP contribution in [-0.2, 0) is 16.1 Å². The molecule has 0 spiro atoms. The third-order valence-electron chi connectivity index (χ3n) is 4.18. The Balaban J connectivity index is 1.66. The molecule has 0 saturated heterocycles. The number of hydrogen-bond donors (Lipinski definition) is 1. The molecular weight excluding hydrogens is 374 g/mol. The molecule has 146 valence electrons. The van der Waals surface area contributed by atoms with Crippen molar-refractivity contribution in [2.24, 2.45) is 0 Å². The van der Waals surface area contributed by atoms with E-state index in [-0.39, 0.29) is 17.7 Å². The molecule has 0 saturated carbocycles. The summed E-state index contributed by atoms with van der Waals surface area (Å²) in [7, 11) is 1.65. The second-order valence-corrected chi connectivity index (χ2v) is 7.12. The van der Waals surface area contributed by atoms with Crippen LogP contribution >= 0.6 is 11.8 Å². The van der Waals surface area contributed by atoms with Crippen LogP contribution in [0.4, 0.5) is 0 Å². The first-order valence-corrected chi connectivity index (χ1v) is 9.97. The summed E-state index contributed by atoms with van der Waals surface area (Å²) in [5.74, 6) is 0.951. The quantitative estimate of drug-likeness (QED) is 0.559. The number of methoxy groups -OCH3 is 1. The number of carbonyl (C=O) groups is 1. The summed E-state index contributed by atoms with van der Waals surface area (Å²) in [6.07, 6.45) is 3.44. The predicted molar refractivity (Wildman–Crippen MR) is 109 cm³/mol. The molecular formula is C20H23N5O2S. The molecule has 3 aromatic rings. The number of aromatic nitrogens is 4. The number of ether oxygens (including phenoxy) is 1. The molecule has 0 aliphatic carbocycles. The summed E-state index contributed by atoms with van der Waals surface area (Å²) < 4.78 is 7.18. The highest BCUT2D eigenvalue weighted by atomic mass is 32.2. The summed E-state index contributed by atoms with van der Waals surface area (Å²) in [5.41, 5.74) is 2.00. The lowest BCUT2D eigenvalue weighted by Crippen LogP contribution is -2.28. The van der Waals surface area contributed by atoms with Crippen LogP contribution in [0.25, 0.3) is 11.4 Å². The van der Waals surface area contributed by atoms with Crippen molar-refractivity contribution in [2.75, 3.05) is 19.5 Å². The van der Waals surface area contributed by atoms with Gasteiger partial charge in [0, 0.05) is 25.1 Å². The van der Waals surface area contributed by atoms with E-state index in [0.29, 0.717) is 18.3 Å². The largest absolute Gasteiger partial charge is 0.383 e. The number of nitrogens with zero attached hydrogens (tertiary/aromatic N) is 4. The number of amides is 1. The molecule has 0 fully saturated rings. The van der Waals surface area contributed by atoms with Crippen molar-refractivity contribution in [3.63, 3.8) is 0 Å². The molecule has 1 amide bonds. The maximum atomic E-state index is 12.4. The molecule has 7 nitrogen and oxygen atoms in total. The normalized spacial score (nSPS) is 11.9. The standard InChI is InChI=1S/C20H23N5O2S/c1-15(16-6-4-3-5-7-16)22-18(26)14-28-20-24-23-19(25(20)12-13-27-2)17-8-10-21-11-9-17/h3-11,15H,12-14H2,1-2H3,(H,22,26)/t15-/m1/s1. The molecule has 2 aromatic heterocycles. The lowest BCUT2D eigenvalue weighted by Gasteiger charge is -2.14. The average molecular weight is 398 g/mol. The first-order valence-electron chi connectivity index (χ1n) is 8.98. The van der Waals surface area contributed by atoms with Gasteiger partial charge in [-0.05, 0) is 24.6 Å². The smallest absolute Gasteiger partial charge is 0.230 e. The monoisotopic (exact) mass is 397 g/mol. The van der Waals surface area contributed by atoms with Crippen LogP contribution in [0.1, 0.15) is 18.5 Å². The first-order chi connectivity index (χ1) is 13.7. The molecule has 28 heavy (non-hydrogen) atoms. The molecule has 3 rings (SSSR count). The number of pyridine rings is 1.